The molecule has 0 aromatic carbocycles. The fourth-order valence-electron chi connectivity index (χ4n) is 1.49. The van der Waals surface area contributed by atoms with Crippen molar-refractivity contribution in [3.63, 3.8) is 0 Å². The summed E-state index contributed by atoms with van der Waals surface area (Å²) in [6, 6.07) is -1.07. The predicted octanol–water partition coefficient (Wildman–Crippen LogP) is 1.31. The Labute approximate surface area is 101 Å². The molecule has 3 amide bonds. The number of unbranched alkanes of at least 4 members (excludes halogenated alkanes) is 1. The van der Waals surface area contributed by atoms with E-state index in [0.29, 0.717) is 19.2 Å². The van der Waals surface area contributed by atoms with Gasteiger partial charge in [0.05, 0.1) is 6.61 Å². The third-order valence-corrected chi connectivity index (χ3v) is 4.34. The van der Waals surface area contributed by atoms with Crippen LogP contribution in [0.15, 0.2) is 0 Å². The molecule has 17 heavy (non-hydrogen) atoms. The Morgan fingerprint density at radius 1 is 1.41 bits per heavy atom. The molecule has 0 aromatic heterocycles. The number of hydrogen-bond acceptors (Lipinski definition) is 4. The molecule has 2 atom stereocenters. The smallest absolute Gasteiger partial charge is 0.322 e. The minimum absolute atomic E-state index is 0.301. The number of hydrogen-bond donors (Lipinski definition) is 2. The molecule has 98 valence electrons. The topological polar surface area (TPSA) is 84.5 Å². The zero-order valence-corrected chi connectivity index (χ0v) is 11.1. The fraction of sp³-hybridized carbons (Fsp3) is 0.800. The number of rotatable bonds is 7. The lowest BCUT2D eigenvalue weighted by Gasteiger charge is -2.15. The van der Waals surface area contributed by atoms with Gasteiger partial charge in [-0.25, -0.2) is 4.79 Å². The Hall–Kier alpha value is -0.870. The molecule has 1 heterocycles. The van der Waals surface area contributed by atoms with Crippen molar-refractivity contribution in [2.24, 2.45) is 0 Å². The summed E-state index contributed by atoms with van der Waals surface area (Å²) in [7, 11) is -2.65. The van der Waals surface area contributed by atoms with Crippen molar-refractivity contribution in [3.05, 3.63) is 0 Å². The maximum Gasteiger partial charge on any atom is 0.322 e. The summed E-state index contributed by atoms with van der Waals surface area (Å²) in [4.78, 5) is 22.1. The summed E-state index contributed by atoms with van der Waals surface area (Å²) < 4.78 is 17.3. The maximum atomic E-state index is 12.0. The van der Waals surface area contributed by atoms with Gasteiger partial charge in [-0.15, -0.1) is 0 Å². The average molecular weight is 262 g/mol. The second-order valence-electron chi connectivity index (χ2n) is 4.23. The molecule has 1 rings (SSSR count). The van der Waals surface area contributed by atoms with E-state index >= 15 is 0 Å². The molecule has 0 spiro atoms. The number of urea groups is 1. The predicted molar refractivity (Wildman–Crippen MR) is 64.3 cm³/mol. The van der Waals surface area contributed by atoms with Crippen molar-refractivity contribution in [2.75, 3.05) is 19.4 Å². The number of nitrogens with one attached hydrogen (secondary N) is 2. The molecule has 1 aliphatic heterocycles. The molecule has 6 nitrogen and oxygen atoms in total. The Bertz CT molecular complexity index is 345. The zero-order valence-electron chi connectivity index (χ0n) is 10.2. The van der Waals surface area contributed by atoms with Crippen LogP contribution < -0.4 is 10.6 Å². The van der Waals surface area contributed by atoms with E-state index in [2.05, 4.69) is 10.6 Å². The van der Waals surface area contributed by atoms with Crippen LogP contribution >= 0.6 is 7.37 Å². The summed E-state index contributed by atoms with van der Waals surface area (Å²) in [6.45, 7) is 4.08. The van der Waals surface area contributed by atoms with Gasteiger partial charge in [0.2, 0.25) is 0 Å². The number of imide groups is 1. The van der Waals surface area contributed by atoms with Crippen LogP contribution in [0.1, 0.15) is 26.2 Å². The Balaban J connectivity index is 2.31. The van der Waals surface area contributed by atoms with Gasteiger partial charge in [0.1, 0.15) is 6.04 Å². The van der Waals surface area contributed by atoms with E-state index in [1.165, 1.54) is 0 Å². The summed E-state index contributed by atoms with van der Waals surface area (Å²) in [5.74, 6) is -0.358. The third-order valence-electron chi connectivity index (χ3n) is 2.54. The van der Waals surface area contributed by atoms with E-state index < -0.39 is 19.4 Å². The van der Waals surface area contributed by atoms with E-state index in [9.17, 15) is 14.2 Å². The first-order chi connectivity index (χ1) is 7.94. The Morgan fingerprint density at radius 2 is 2.12 bits per heavy atom. The molecule has 0 saturated carbocycles. The summed E-state index contributed by atoms with van der Waals surface area (Å²) in [6.07, 6.45) is 2.51. The lowest BCUT2D eigenvalue weighted by molar-refractivity contribution is -0.120. The molecule has 1 unspecified atom stereocenters. The van der Waals surface area contributed by atoms with Crippen LogP contribution in [0.5, 0.6) is 0 Å². The minimum atomic E-state index is -2.65. The van der Waals surface area contributed by atoms with Crippen LogP contribution in [0.25, 0.3) is 0 Å². The van der Waals surface area contributed by atoms with Gasteiger partial charge in [-0.05, 0) is 12.8 Å². The van der Waals surface area contributed by atoms with Crippen molar-refractivity contribution < 1.29 is 18.7 Å². The molecule has 0 radical (unpaired) electrons. The third kappa shape index (κ3) is 4.88. The van der Waals surface area contributed by atoms with Crippen LogP contribution in [0, 0.1) is 0 Å². The minimum Gasteiger partial charge on any atom is -0.329 e. The number of amides is 3. The van der Waals surface area contributed by atoms with Crippen LogP contribution in [0.4, 0.5) is 4.79 Å². The van der Waals surface area contributed by atoms with E-state index in [4.69, 9.17) is 4.52 Å². The lowest BCUT2D eigenvalue weighted by Crippen LogP contribution is -2.29. The van der Waals surface area contributed by atoms with Crippen LogP contribution in [-0.2, 0) is 13.9 Å². The summed E-state index contributed by atoms with van der Waals surface area (Å²) >= 11 is 0. The van der Waals surface area contributed by atoms with Crippen molar-refractivity contribution >= 4 is 19.3 Å². The van der Waals surface area contributed by atoms with E-state index in [1.54, 1.807) is 6.66 Å². The molecule has 0 bridgehead atoms. The van der Waals surface area contributed by atoms with Crippen LogP contribution in [0.3, 0.4) is 0 Å². The van der Waals surface area contributed by atoms with Crippen LogP contribution in [0.2, 0.25) is 0 Å². The van der Waals surface area contributed by atoms with Gasteiger partial charge in [0.25, 0.3) is 5.91 Å². The standard InChI is InChI=1S/C10H19N2O4P/c1-3-4-6-16-17(2,15)7-5-8-9(13)12-10(14)11-8/h8H,3-7H2,1-2H3,(H2,11,12,13,14)/t8-,17?/m1/s1. The molecule has 1 fully saturated rings. The second-order valence-corrected chi connectivity index (χ2v) is 6.96. The molecule has 1 aliphatic rings. The molecule has 0 aromatic rings. The lowest BCUT2D eigenvalue weighted by atomic mass is 10.2. The van der Waals surface area contributed by atoms with Crippen molar-refractivity contribution in [1.29, 1.82) is 0 Å². The molecule has 2 N–H and O–H groups in total. The highest BCUT2D eigenvalue weighted by Gasteiger charge is 2.31. The Kier molecular flexibility index (Phi) is 5.15. The highest BCUT2D eigenvalue weighted by Crippen LogP contribution is 2.43. The van der Waals surface area contributed by atoms with E-state index in [0.717, 1.165) is 12.8 Å². The molecule has 0 aliphatic carbocycles. The van der Waals surface area contributed by atoms with Gasteiger partial charge in [0.15, 0.2) is 7.37 Å². The molecule has 1 saturated heterocycles. The van der Waals surface area contributed by atoms with Crippen molar-refractivity contribution in [2.45, 2.75) is 32.2 Å². The van der Waals surface area contributed by atoms with Gasteiger partial charge < -0.3 is 9.84 Å². The highest BCUT2D eigenvalue weighted by atomic mass is 31.2. The zero-order chi connectivity index (χ0) is 12.9. The van der Waals surface area contributed by atoms with Gasteiger partial charge in [-0.3, -0.25) is 14.7 Å². The van der Waals surface area contributed by atoms with E-state index in [1.807, 2.05) is 6.92 Å². The monoisotopic (exact) mass is 262 g/mol. The Morgan fingerprint density at radius 3 is 2.65 bits per heavy atom. The average Bonchev–Trinajstić information content (AvgIpc) is 2.55. The fourth-order valence-corrected chi connectivity index (χ4v) is 2.86. The molecule has 7 heteroatoms. The van der Waals surface area contributed by atoms with Gasteiger partial charge in [-0.1, -0.05) is 13.3 Å². The second kappa shape index (κ2) is 6.17. The first kappa shape index (κ1) is 14.2. The first-order valence-electron chi connectivity index (χ1n) is 5.77. The van der Waals surface area contributed by atoms with Crippen LogP contribution in [-0.4, -0.2) is 37.4 Å². The van der Waals surface area contributed by atoms with Gasteiger partial charge in [-0.2, -0.15) is 0 Å². The van der Waals surface area contributed by atoms with Gasteiger partial charge in [0, 0.05) is 12.8 Å². The van der Waals surface area contributed by atoms with E-state index in [-0.39, 0.29) is 5.91 Å². The number of carbonyl (C=O) groups excluding carboxylic acids is 2. The van der Waals surface area contributed by atoms with Crippen molar-refractivity contribution in [1.82, 2.24) is 10.6 Å². The first-order valence-corrected chi connectivity index (χ1v) is 8.03. The quantitative estimate of drug-likeness (QED) is 0.411. The van der Waals surface area contributed by atoms with Gasteiger partial charge >= 0.3 is 6.03 Å². The normalized spacial score (nSPS) is 23.1. The summed E-state index contributed by atoms with van der Waals surface area (Å²) in [5.41, 5.74) is 0. The maximum absolute atomic E-state index is 12.0. The molecular formula is C10H19N2O4P. The largest absolute Gasteiger partial charge is 0.329 e. The highest BCUT2D eigenvalue weighted by molar-refractivity contribution is 7.58. The number of carbonyl (C=O) groups is 2. The SMILES string of the molecule is CCCCOP(C)(=O)CC[C@H]1NC(=O)NC1=O. The molecular weight excluding hydrogens is 243 g/mol. The van der Waals surface area contributed by atoms with Crippen molar-refractivity contribution in [3.8, 4) is 0 Å². The summed E-state index contributed by atoms with van der Waals surface area (Å²) in [5, 5.41) is 4.60.